The number of nitrogens with one attached hydrogen (secondary N) is 1. The molecule has 1 aliphatic heterocycles. The Balaban J connectivity index is 1.44. The van der Waals surface area contributed by atoms with Crippen molar-refractivity contribution < 1.29 is 9.47 Å². The Kier molecular flexibility index (Phi) is 5.67. The summed E-state index contributed by atoms with van der Waals surface area (Å²) in [7, 11) is 0. The third kappa shape index (κ3) is 4.66. The predicted molar refractivity (Wildman–Crippen MR) is 107 cm³/mol. The van der Waals surface area contributed by atoms with E-state index in [1.807, 2.05) is 30.3 Å². The lowest BCUT2D eigenvalue weighted by atomic mass is 10.1. The van der Waals surface area contributed by atoms with Gasteiger partial charge in [-0.15, -0.1) is 0 Å². The largest absolute Gasteiger partial charge is 0.492 e. The van der Waals surface area contributed by atoms with Gasteiger partial charge in [-0.3, -0.25) is 4.90 Å². The predicted octanol–water partition coefficient (Wildman–Crippen LogP) is 3.74. The molecule has 6 nitrogen and oxygen atoms in total. The summed E-state index contributed by atoms with van der Waals surface area (Å²) in [5.74, 6) is 1.64. The Hall–Kier alpha value is -2.41. The van der Waals surface area contributed by atoms with E-state index < -0.39 is 0 Å². The van der Waals surface area contributed by atoms with Crippen LogP contribution in [0.2, 0.25) is 5.15 Å². The van der Waals surface area contributed by atoms with Gasteiger partial charge in [-0.2, -0.15) is 0 Å². The van der Waals surface area contributed by atoms with E-state index in [0.717, 1.165) is 60.9 Å². The standard InChI is InChI=1S/C20H21ClN4O2/c21-19-4-1-16(14-23-19)24-20-18-3-2-17(13-15(18)5-6-22-20)27-12-9-25-7-10-26-11-8-25/h1-6,13-14H,7-12H2,(H,22,24). The summed E-state index contributed by atoms with van der Waals surface area (Å²) in [4.78, 5) is 10.9. The normalized spacial score (nSPS) is 15.0. The van der Waals surface area contributed by atoms with Gasteiger partial charge in [-0.1, -0.05) is 11.6 Å². The van der Waals surface area contributed by atoms with E-state index in [2.05, 4.69) is 20.2 Å². The number of ether oxygens (including phenoxy) is 2. The van der Waals surface area contributed by atoms with Gasteiger partial charge in [0.25, 0.3) is 0 Å². The Labute approximate surface area is 163 Å². The number of morpholine rings is 1. The first-order chi connectivity index (χ1) is 13.3. The lowest BCUT2D eigenvalue weighted by molar-refractivity contribution is 0.0322. The minimum Gasteiger partial charge on any atom is -0.492 e. The first kappa shape index (κ1) is 18.0. The van der Waals surface area contributed by atoms with Gasteiger partial charge in [0.15, 0.2) is 0 Å². The second kappa shape index (κ2) is 8.52. The van der Waals surface area contributed by atoms with E-state index in [9.17, 15) is 0 Å². The van der Waals surface area contributed by atoms with E-state index in [-0.39, 0.29) is 0 Å². The average molecular weight is 385 g/mol. The fourth-order valence-electron chi connectivity index (χ4n) is 3.05. The van der Waals surface area contributed by atoms with E-state index in [1.165, 1.54) is 0 Å². The smallest absolute Gasteiger partial charge is 0.138 e. The van der Waals surface area contributed by atoms with Gasteiger partial charge in [0, 0.05) is 31.2 Å². The molecule has 0 unspecified atom stereocenters. The Morgan fingerprint density at radius 3 is 2.81 bits per heavy atom. The van der Waals surface area contributed by atoms with Crippen LogP contribution in [-0.2, 0) is 4.74 Å². The highest BCUT2D eigenvalue weighted by Gasteiger charge is 2.10. The quantitative estimate of drug-likeness (QED) is 0.653. The molecule has 1 aromatic carbocycles. The number of rotatable bonds is 6. The van der Waals surface area contributed by atoms with Gasteiger partial charge in [-0.25, -0.2) is 9.97 Å². The third-order valence-corrected chi connectivity index (χ3v) is 4.73. The molecule has 27 heavy (non-hydrogen) atoms. The van der Waals surface area contributed by atoms with Crippen LogP contribution >= 0.6 is 11.6 Å². The van der Waals surface area contributed by atoms with Crippen molar-refractivity contribution in [2.24, 2.45) is 0 Å². The summed E-state index contributed by atoms with van der Waals surface area (Å²) in [5, 5.41) is 5.84. The second-order valence-electron chi connectivity index (χ2n) is 6.34. The summed E-state index contributed by atoms with van der Waals surface area (Å²) < 4.78 is 11.3. The van der Waals surface area contributed by atoms with Crippen LogP contribution in [0.1, 0.15) is 0 Å². The van der Waals surface area contributed by atoms with Gasteiger partial charge in [-0.05, 0) is 41.8 Å². The molecular formula is C20H21ClN4O2. The molecule has 3 aromatic rings. The van der Waals surface area contributed by atoms with Crippen molar-refractivity contribution in [3.05, 3.63) is 53.9 Å². The molecule has 1 saturated heterocycles. The van der Waals surface area contributed by atoms with E-state index in [1.54, 1.807) is 18.5 Å². The molecular weight excluding hydrogens is 364 g/mol. The van der Waals surface area contributed by atoms with Gasteiger partial charge < -0.3 is 14.8 Å². The van der Waals surface area contributed by atoms with Gasteiger partial charge in [0.1, 0.15) is 23.3 Å². The molecule has 1 aliphatic rings. The van der Waals surface area contributed by atoms with Gasteiger partial charge in [0.05, 0.1) is 25.1 Å². The van der Waals surface area contributed by atoms with Crippen LogP contribution < -0.4 is 10.1 Å². The molecule has 0 spiro atoms. The first-order valence-electron chi connectivity index (χ1n) is 8.98. The number of hydrogen-bond donors (Lipinski definition) is 1. The van der Waals surface area contributed by atoms with Crippen LogP contribution in [-0.4, -0.2) is 54.3 Å². The number of halogens is 1. The second-order valence-corrected chi connectivity index (χ2v) is 6.73. The van der Waals surface area contributed by atoms with Crippen molar-refractivity contribution in [1.29, 1.82) is 0 Å². The maximum Gasteiger partial charge on any atom is 0.138 e. The van der Waals surface area contributed by atoms with Crippen molar-refractivity contribution in [2.45, 2.75) is 0 Å². The zero-order valence-electron chi connectivity index (χ0n) is 14.9. The monoisotopic (exact) mass is 384 g/mol. The number of pyridine rings is 2. The lowest BCUT2D eigenvalue weighted by Crippen LogP contribution is -2.38. The molecule has 140 valence electrons. The zero-order valence-corrected chi connectivity index (χ0v) is 15.7. The van der Waals surface area contributed by atoms with Crippen LogP contribution in [0.25, 0.3) is 10.8 Å². The van der Waals surface area contributed by atoms with Crippen LogP contribution in [0.5, 0.6) is 5.75 Å². The molecule has 1 N–H and O–H groups in total. The van der Waals surface area contributed by atoms with Gasteiger partial charge >= 0.3 is 0 Å². The molecule has 0 bridgehead atoms. The number of benzene rings is 1. The first-order valence-corrected chi connectivity index (χ1v) is 9.36. The third-order valence-electron chi connectivity index (χ3n) is 4.51. The van der Waals surface area contributed by atoms with Crippen molar-refractivity contribution in [2.75, 3.05) is 44.8 Å². The van der Waals surface area contributed by atoms with E-state index >= 15 is 0 Å². The number of hydrogen-bond acceptors (Lipinski definition) is 6. The van der Waals surface area contributed by atoms with Crippen molar-refractivity contribution >= 4 is 33.9 Å². The number of nitrogens with zero attached hydrogens (tertiary/aromatic N) is 3. The summed E-state index contributed by atoms with van der Waals surface area (Å²) in [5.41, 5.74) is 0.838. The van der Waals surface area contributed by atoms with Crippen LogP contribution in [0.15, 0.2) is 48.8 Å². The molecule has 0 radical (unpaired) electrons. The molecule has 0 aliphatic carbocycles. The van der Waals surface area contributed by atoms with Crippen LogP contribution in [0.3, 0.4) is 0 Å². The summed E-state index contributed by atoms with van der Waals surface area (Å²) in [6.45, 7) is 5.14. The van der Waals surface area contributed by atoms with Crippen LogP contribution in [0, 0.1) is 0 Å². The highest BCUT2D eigenvalue weighted by atomic mass is 35.5. The highest BCUT2D eigenvalue weighted by Crippen LogP contribution is 2.27. The lowest BCUT2D eigenvalue weighted by Gasteiger charge is -2.26. The van der Waals surface area contributed by atoms with Crippen LogP contribution in [0.4, 0.5) is 11.5 Å². The number of anilines is 2. The molecule has 0 atom stereocenters. The maximum atomic E-state index is 5.94. The SMILES string of the molecule is Clc1ccc(Nc2nccc3cc(OCCN4CCOCC4)ccc23)cn1. The molecule has 4 rings (SSSR count). The summed E-state index contributed by atoms with van der Waals surface area (Å²) >= 11 is 5.84. The molecule has 3 heterocycles. The number of fused-ring (bicyclic) bond motifs is 1. The Morgan fingerprint density at radius 1 is 1.11 bits per heavy atom. The number of aromatic nitrogens is 2. The van der Waals surface area contributed by atoms with E-state index in [0.29, 0.717) is 11.8 Å². The molecule has 0 saturated carbocycles. The molecule has 7 heteroatoms. The summed E-state index contributed by atoms with van der Waals surface area (Å²) in [6, 6.07) is 11.7. The van der Waals surface area contributed by atoms with Crippen molar-refractivity contribution in [3.8, 4) is 5.75 Å². The average Bonchev–Trinajstić information content (AvgIpc) is 2.71. The molecule has 0 amide bonds. The molecule has 1 fully saturated rings. The van der Waals surface area contributed by atoms with Gasteiger partial charge in [0.2, 0.25) is 0 Å². The Bertz CT molecular complexity index is 898. The van der Waals surface area contributed by atoms with Crippen molar-refractivity contribution in [3.63, 3.8) is 0 Å². The maximum absolute atomic E-state index is 5.94. The Morgan fingerprint density at radius 2 is 2.00 bits per heavy atom. The summed E-state index contributed by atoms with van der Waals surface area (Å²) in [6.07, 6.45) is 3.47. The van der Waals surface area contributed by atoms with E-state index in [4.69, 9.17) is 21.1 Å². The minimum atomic E-state index is 0.463. The zero-order chi connectivity index (χ0) is 18.5. The fraction of sp³-hybridized carbons (Fsp3) is 0.300. The van der Waals surface area contributed by atoms with Crippen molar-refractivity contribution in [1.82, 2.24) is 14.9 Å². The fourth-order valence-corrected chi connectivity index (χ4v) is 3.16. The molecule has 2 aromatic heterocycles. The minimum absolute atomic E-state index is 0.463. The highest BCUT2D eigenvalue weighted by molar-refractivity contribution is 6.29. The topological polar surface area (TPSA) is 59.5 Å².